The van der Waals surface area contributed by atoms with Crippen LogP contribution in [0.5, 0.6) is 0 Å². The first kappa shape index (κ1) is 23.4. The summed E-state index contributed by atoms with van der Waals surface area (Å²) in [5, 5.41) is 2.70. The lowest BCUT2D eigenvalue weighted by Crippen LogP contribution is -2.27. The highest BCUT2D eigenvalue weighted by Crippen LogP contribution is 2.27. The number of hydrogen-bond acceptors (Lipinski definition) is 6. The number of benzene rings is 1. The molecule has 0 atom stereocenters. The fourth-order valence-corrected chi connectivity index (χ4v) is 6.33. The molecule has 0 radical (unpaired) electrons. The van der Waals surface area contributed by atoms with Crippen molar-refractivity contribution >= 4 is 38.9 Å². The SMILES string of the molecule is CCCCc1ccc(NC(=O)COC(=O)Cc2ccc(S(=O)(=O)N3CCCC3)s2)cc1. The van der Waals surface area contributed by atoms with Crippen molar-refractivity contribution in [2.75, 3.05) is 25.0 Å². The summed E-state index contributed by atoms with van der Waals surface area (Å²) in [6, 6.07) is 10.8. The third kappa shape index (κ3) is 6.62. The Balaban J connectivity index is 1.45. The highest BCUT2D eigenvalue weighted by atomic mass is 32.2. The van der Waals surface area contributed by atoms with Gasteiger partial charge < -0.3 is 10.1 Å². The number of esters is 1. The minimum atomic E-state index is -3.49. The maximum absolute atomic E-state index is 12.6. The quantitative estimate of drug-likeness (QED) is 0.543. The molecule has 0 saturated carbocycles. The summed E-state index contributed by atoms with van der Waals surface area (Å²) in [4.78, 5) is 24.7. The van der Waals surface area contributed by atoms with Gasteiger partial charge >= 0.3 is 5.97 Å². The Morgan fingerprint density at radius 2 is 1.81 bits per heavy atom. The van der Waals surface area contributed by atoms with Gasteiger partial charge in [-0.1, -0.05) is 25.5 Å². The molecule has 31 heavy (non-hydrogen) atoms. The van der Waals surface area contributed by atoms with E-state index in [-0.39, 0.29) is 17.2 Å². The molecule has 0 spiro atoms. The molecule has 1 amide bonds. The van der Waals surface area contributed by atoms with E-state index in [0.29, 0.717) is 23.7 Å². The minimum Gasteiger partial charge on any atom is -0.455 e. The molecule has 1 fully saturated rings. The molecule has 9 heteroatoms. The van der Waals surface area contributed by atoms with E-state index in [1.165, 1.54) is 15.9 Å². The summed E-state index contributed by atoms with van der Waals surface area (Å²) >= 11 is 1.07. The second-order valence-electron chi connectivity index (χ2n) is 7.52. The predicted molar refractivity (Wildman–Crippen MR) is 121 cm³/mol. The zero-order valence-corrected chi connectivity index (χ0v) is 19.3. The molecule has 1 N–H and O–H groups in total. The summed E-state index contributed by atoms with van der Waals surface area (Å²) < 4.78 is 31.9. The monoisotopic (exact) mass is 464 g/mol. The van der Waals surface area contributed by atoms with Gasteiger partial charge in [-0.25, -0.2) is 8.42 Å². The molecule has 1 saturated heterocycles. The van der Waals surface area contributed by atoms with Crippen LogP contribution in [0.15, 0.2) is 40.6 Å². The van der Waals surface area contributed by atoms with Crippen LogP contribution in [0.25, 0.3) is 0 Å². The van der Waals surface area contributed by atoms with Gasteiger partial charge in [0, 0.05) is 23.7 Å². The van der Waals surface area contributed by atoms with Crippen molar-refractivity contribution in [3.63, 3.8) is 0 Å². The average molecular weight is 465 g/mol. The lowest BCUT2D eigenvalue weighted by molar-refractivity contribution is -0.146. The molecular weight excluding hydrogens is 436 g/mol. The molecule has 3 rings (SSSR count). The number of rotatable bonds is 10. The predicted octanol–water partition coefficient (Wildman–Crippen LogP) is 3.60. The number of thiophene rings is 1. The third-order valence-corrected chi connectivity index (χ3v) is 8.49. The fraction of sp³-hybridized carbons (Fsp3) is 0.455. The first-order valence-corrected chi connectivity index (χ1v) is 12.8. The number of carbonyl (C=O) groups is 2. The largest absolute Gasteiger partial charge is 0.455 e. The molecular formula is C22H28N2O5S2. The number of nitrogens with zero attached hydrogens (tertiary/aromatic N) is 1. The van der Waals surface area contributed by atoms with Gasteiger partial charge in [-0.15, -0.1) is 11.3 Å². The summed E-state index contributed by atoms with van der Waals surface area (Å²) in [5.74, 6) is -0.991. The topological polar surface area (TPSA) is 92.8 Å². The molecule has 0 bridgehead atoms. The van der Waals surface area contributed by atoms with Gasteiger partial charge in [0.15, 0.2) is 6.61 Å². The normalized spacial score (nSPS) is 14.5. The Labute approximate surface area is 187 Å². The lowest BCUT2D eigenvalue weighted by atomic mass is 10.1. The van der Waals surface area contributed by atoms with Gasteiger partial charge in [0.2, 0.25) is 0 Å². The van der Waals surface area contributed by atoms with Crippen molar-refractivity contribution in [3.05, 3.63) is 46.8 Å². The second kappa shape index (κ2) is 10.9. The van der Waals surface area contributed by atoms with Crippen molar-refractivity contribution in [2.45, 2.75) is 49.7 Å². The van der Waals surface area contributed by atoms with E-state index < -0.39 is 21.9 Å². The first-order valence-electron chi connectivity index (χ1n) is 10.5. The van der Waals surface area contributed by atoms with E-state index >= 15 is 0 Å². The molecule has 0 aliphatic carbocycles. The standard InChI is InChI=1S/C22H28N2O5S2/c1-2-3-6-17-7-9-18(10-8-17)23-20(25)16-29-21(26)15-19-11-12-22(30-19)31(27,28)24-13-4-5-14-24/h7-12H,2-6,13-16H2,1H3,(H,23,25). The molecule has 1 aliphatic heterocycles. The van der Waals surface area contributed by atoms with Gasteiger partial charge in [0.1, 0.15) is 4.21 Å². The Morgan fingerprint density at radius 1 is 1.10 bits per heavy atom. The van der Waals surface area contributed by atoms with Crippen LogP contribution in [0, 0.1) is 0 Å². The second-order valence-corrected chi connectivity index (χ2v) is 10.9. The minimum absolute atomic E-state index is 0.0698. The number of unbranched alkanes of at least 4 members (excludes halogenated alkanes) is 1. The van der Waals surface area contributed by atoms with E-state index in [1.54, 1.807) is 6.07 Å². The Kier molecular flexibility index (Phi) is 8.22. The van der Waals surface area contributed by atoms with Crippen LogP contribution in [0.1, 0.15) is 43.0 Å². The molecule has 0 unspecified atom stereocenters. The zero-order valence-electron chi connectivity index (χ0n) is 17.6. The number of hydrogen-bond donors (Lipinski definition) is 1. The van der Waals surface area contributed by atoms with E-state index in [0.717, 1.165) is 43.4 Å². The smallest absolute Gasteiger partial charge is 0.311 e. The molecule has 7 nitrogen and oxygen atoms in total. The number of aryl methyl sites for hydroxylation is 1. The van der Waals surface area contributed by atoms with E-state index in [1.807, 2.05) is 24.3 Å². The Morgan fingerprint density at radius 3 is 2.48 bits per heavy atom. The first-order chi connectivity index (χ1) is 14.9. The fourth-order valence-electron chi connectivity index (χ4n) is 3.32. The highest BCUT2D eigenvalue weighted by Gasteiger charge is 2.28. The van der Waals surface area contributed by atoms with Gasteiger partial charge in [0.05, 0.1) is 6.42 Å². The number of nitrogens with one attached hydrogen (secondary N) is 1. The number of ether oxygens (including phenoxy) is 1. The van der Waals surface area contributed by atoms with Crippen LogP contribution in [-0.2, 0) is 37.2 Å². The summed E-state index contributed by atoms with van der Waals surface area (Å²) in [7, 11) is -3.49. The number of carbonyl (C=O) groups excluding carboxylic acids is 2. The maximum atomic E-state index is 12.6. The molecule has 1 aromatic heterocycles. The molecule has 2 heterocycles. The van der Waals surface area contributed by atoms with Crippen LogP contribution in [0.4, 0.5) is 5.69 Å². The average Bonchev–Trinajstić information content (AvgIpc) is 3.45. The Bertz CT molecular complexity index is 993. The van der Waals surface area contributed by atoms with Crippen molar-refractivity contribution in [2.24, 2.45) is 0 Å². The summed E-state index contributed by atoms with van der Waals surface area (Å²) in [6.45, 7) is 2.83. The molecule has 1 aromatic carbocycles. The third-order valence-electron chi connectivity index (χ3n) is 5.04. The lowest BCUT2D eigenvalue weighted by Gasteiger charge is -2.13. The van der Waals surface area contributed by atoms with Crippen LogP contribution in [-0.4, -0.2) is 44.3 Å². The van der Waals surface area contributed by atoms with Crippen LogP contribution in [0.2, 0.25) is 0 Å². The van der Waals surface area contributed by atoms with Gasteiger partial charge in [-0.05, 0) is 55.5 Å². The molecule has 168 valence electrons. The maximum Gasteiger partial charge on any atom is 0.311 e. The van der Waals surface area contributed by atoms with Gasteiger partial charge in [0.25, 0.3) is 15.9 Å². The van der Waals surface area contributed by atoms with Gasteiger partial charge in [-0.3, -0.25) is 9.59 Å². The summed E-state index contributed by atoms with van der Waals surface area (Å²) in [6.07, 6.45) is 4.93. The van der Waals surface area contributed by atoms with E-state index in [9.17, 15) is 18.0 Å². The van der Waals surface area contributed by atoms with E-state index in [2.05, 4.69) is 12.2 Å². The highest BCUT2D eigenvalue weighted by molar-refractivity contribution is 7.91. The molecule has 2 aromatic rings. The van der Waals surface area contributed by atoms with E-state index in [4.69, 9.17) is 4.74 Å². The number of sulfonamides is 1. The molecule has 1 aliphatic rings. The van der Waals surface area contributed by atoms with Gasteiger partial charge in [-0.2, -0.15) is 4.31 Å². The number of anilines is 1. The summed E-state index contributed by atoms with van der Waals surface area (Å²) in [5.41, 5.74) is 1.87. The van der Waals surface area contributed by atoms with Crippen molar-refractivity contribution in [1.29, 1.82) is 0 Å². The van der Waals surface area contributed by atoms with Crippen LogP contribution < -0.4 is 5.32 Å². The van der Waals surface area contributed by atoms with Crippen LogP contribution in [0.3, 0.4) is 0 Å². The Hall–Kier alpha value is -2.23. The zero-order chi connectivity index (χ0) is 22.3. The van der Waals surface area contributed by atoms with Crippen molar-refractivity contribution in [3.8, 4) is 0 Å². The van der Waals surface area contributed by atoms with Crippen molar-refractivity contribution < 1.29 is 22.7 Å². The van der Waals surface area contributed by atoms with Crippen LogP contribution >= 0.6 is 11.3 Å². The van der Waals surface area contributed by atoms with Crippen molar-refractivity contribution in [1.82, 2.24) is 4.31 Å². The number of amides is 1.